The molecule has 11 N–H and O–H groups in total. The molecule has 7 aliphatic rings. The van der Waals surface area contributed by atoms with Gasteiger partial charge in [0, 0.05) is 26.1 Å². The Morgan fingerprint density at radius 2 is 1.29 bits per heavy atom. The minimum absolute atomic E-state index is 0.101. The fraction of sp³-hybridized carbons (Fsp3) is 0.955. The van der Waals surface area contributed by atoms with Gasteiger partial charge in [-0.25, -0.2) is 0 Å². The molecule has 26 unspecified atom stereocenters. The molecular weight excluding hydrogens is 832 g/mol. The minimum Gasteiger partial charge on any atom is -0.393 e. The molecule has 0 aromatic heterocycles. The Morgan fingerprint density at radius 1 is 0.683 bits per heavy atom. The van der Waals surface area contributed by atoms with Crippen molar-refractivity contribution in [1.29, 1.82) is 0 Å². The lowest BCUT2D eigenvalue weighted by molar-refractivity contribution is -0.339. The van der Waals surface area contributed by atoms with Crippen LogP contribution in [0.1, 0.15) is 66.7 Å². The maximum Gasteiger partial charge on any atom is 0.187 e. The van der Waals surface area contributed by atoms with E-state index in [1.165, 1.54) is 14.2 Å². The van der Waals surface area contributed by atoms with E-state index in [9.17, 15) is 56.2 Å². The van der Waals surface area contributed by atoms with E-state index in [1.807, 2.05) is 46.8 Å². The van der Waals surface area contributed by atoms with Crippen molar-refractivity contribution >= 4 is 0 Å². The number of ether oxygens (including phenoxy) is 8. The maximum absolute atomic E-state index is 12.9. The summed E-state index contributed by atoms with van der Waals surface area (Å²) in [5.74, 6) is -2.74. The van der Waals surface area contributed by atoms with E-state index in [0.29, 0.717) is 32.1 Å². The number of methoxy groups -OCH3 is 2. The van der Waals surface area contributed by atoms with Crippen LogP contribution in [0.2, 0.25) is 0 Å². The number of hydrogen-bond acceptors (Lipinski definition) is 19. The molecule has 3 heterocycles. The highest BCUT2D eigenvalue weighted by atomic mass is 16.7. The number of fused-ring (bicyclic) bond motifs is 5. The van der Waals surface area contributed by atoms with Gasteiger partial charge in [0.15, 0.2) is 18.9 Å². The van der Waals surface area contributed by atoms with E-state index in [2.05, 4.69) is 0 Å². The zero-order valence-corrected chi connectivity index (χ0v) is 37.4. The van der Waals surface area contributed by atoms with Crippen LogP contribution in [0, 0.1) is 46.3 Å². The van der Waals surface area contributed by atoms with Gasteiger partial charge in [0.25, 0.3) is 0 Å². The van der Waals surface area contributed by atoms with Crippen LogP contribution in [-0.2, 0) is 37.9 Å². The second-order valence-electron chi connectivity index (χ2n) is 20.4. The average molecular weight is 907 g/mol. The summed E-state index contributed by atoms with van der Waals surface area (Å²) < 4.78 is 45.8. The molecule has 0 bridgehead atoms. The summed E-state index contributed by atoms with van der Waals surface area (Å²) in [4.78, 5) is 0. The van der Waals surface area contributed by atoms with Gasteiger partial charge in [-0.1, -0.05) is 46.8 Å². The van der Waals surface area contributed by atoms with E-state index in [0.717, 1.165) is 0 Å². The molecule has 0 aromatic rings. The van der Waals surface area contributed by atoms with E-state index < -0.39 is 145 Å². The molecule has 3 aliphatic heterocycles. The molecule has 4 saturated carbocycles. The number of hydrogen-bond donors (Lipinski definition) is 11. The first-order valence-electron chi connectivity index (χ1n) is 22.7. The largest absolute Gasteiger partial charge is 0.393 e. The summed E-state index contributed by atoms with van der Waals surface area (Å²) >= 11 is 0. The van der Waals surface area contributed by atoms with Crippen molar-refractivity contribution in [3.05, 3.63) is 12.2 Å². The van der Waals surface area contributed by atoms with Crippen LogP contribution in [-0.4, -0.2) is 206 Å². The van der Waals surface area contributed by atoms with Crippen LogP contribution in [0.3, 0.4) is 0 Å². The van der Waals surface area contributed by atoms with Crippen molar-refractivity contribution < 1.29 is 94.1 Å². The van der Waals surface area contributed by atoms with Crippen molar-refractivity contribution in [3.63, 3.8) is 0 Å². The summed E-state index contributed by atoms with van der Waals surface area (Å²) in [6.07, 6.45) is -15.1. The molecule has 0 spiro atoms. The van der Waals surface area contributed by atoms with E-state index in [1.54, 1.807) is 0 Å². The summed E-state index contributed by atoms with van der Waals surface area (Å²) in [6, 6.07) is 0. The van der Waals surface area contributed by atoms with Gasteiger partial charge in [-0.15, -0.1) is 0 Å². The van der Waals surface area contributed by atoms with Crippen LogP contribution in [0.4, 0.5) is 0 Å². The highest BCUT2D eigenvalue weighted by Crippen LogP contribution is 2.70. The first-order chi connectivity index (χ1) is 29.6. The smallest absolute Gasteiger partial charge is 0.187 e. The number of aliphatic hydroxyl groups is 11. The second kappa shape index (κ2) is 19.2. The highest BCUT2D eigenvalue weighted by molar-refractivity contribution is 5.24. The summed E-state index contributed by atoms with van der Waals surface area (Å²) in [7, 11) is 2.69. The minimum atomic E-state index is -1.90. The quantitative estimate of drug-likeness (QED) is 0.0698. The van der Waals surface area contributed by atoms with Crippen molar-refractivity contribution in [2.45, 2.75) is 183 Å². The van der Waals surface area contributed by atoms with Gasteiger partial charge >= 0.3 is 0 Å². The molecule has 3 saturated heterocycles. The monoisotopic (exact) mass is 906 g/mol. The molecule has 364 valence electrons. The average Bonchev–Trinajstić information content (AvgIpc) is 3.67. The van der Waals surface area contributed by atoms with Crippen molar-refractivity contribution in [1.82, 2.24) is 0 Å². The Hall–Kier alpha value is -1.02. The third kappa shape index (κ3) is 8.61. The lowest BCUT2D eigenvalue weighted by Gasteiger charge is -2.68. The standard InChI is InChI=1S/C44H74O19/c1-18(2)24(61-39-34(53)32(51)26(63-39)17-60-40-35(56-6)29(48)22(46)15-58-40)9-8-19(3)20-14-21(45)37-42(20,4)13-11-27-43(5)12-10-25(31(50)28(43)33(52)38(54)44(27,37)55)62-41-36(57-7)30(49)23(47)16-59-41/h8-9,18-41,45-55H,10-17H2,1-7H3. The molecule has 0 aromatic carbocycles. The van der Waals surface area contributed by atoms with Crippen LogP contribution >= 0.6 is 0 Å². The molecule has 26 atom stereocenters. The zero-order chi connectivity index (χ0) is 46.1. The summed E-state index contributed by atoms with van der Waals surface area (Å²) in [5.41, 5.74) is -3.44. The highest BCUT2D eigenvalue weighted by Gasteiger charge is 2.75. The molecule has 19 nitrogen and oxygen atoms in total. The van der Waals surface area contributed by atoms with Crippen LogP contribution in [0.25, 0.3) is 0 Å². The fourth-order valence-corrected chi connectivity index (χ4v) is 13.1. The van der Waals surface area contributed by atoms with Gasteiger partial charge in [-0.05, 0) is 66.6 Å². The van der Waals surface area contributed by atoms with Gasteiger partial charge in [-0.3, -0.25) is 0 Å². The molecule has 7 rings (SSSR count). The Balaban J connectivity index is 1.01. The molecular formula is C44H74O19. The predicted molar refractivity (Wildman–Crippen MR) is 217 cm³/mol. The van der Waals surface area contributed by atoms with Crippen molar-refractivity contribution in [2.75, 3.05) is 34.0 Å². The second-order valence-corrected chi connectivity index (χ2v) is 20.4. The van der Waals surface area contributed by atoms with E-state index in [4.69, 9.17) is 37.9 Å². The molecule has 0 amide bonds. The van der Waals surface area contributed by atoms with Gasteiger partial charge in [0.2, 0.25) is 0 Å². The van der Waals surface area contributed by atoms with E-state index >= 15 is 0 Å². The predicted octanol–water partition coefficient (Wildman–Crippen LogP) is -2.09. The van der Waals surface area contributed by atoms with Crippen LogP contribution in [0.5, 0.6) is 0 Å². The van der Waals surface area contributed by atoms with Gasteiger partial charge in [0.05, 0.1) is 50.3 Å². The first-order valence-corrected chi connectivity index (χ1v) is 22.7. The maximum atomic E-state index is 12.9. The van der Waals surface area contributed by atoms with Crippen molar-refractivity contribution in [2.24, 2.45) is 46.3 Å². The molecule has 4 aliphatic carbocycles. The van der Waals surface area contributed by atoms with E-state index in [-0.39, 0.29) is 37.6 Å². The molecule has 19 heteroatoms. The lowest BCUT2D eigenvalue weighted by atomic mass is 9.40. The fourth-order valence-electron chi connectivity index (χ4n) is 13.1. The molecule has 0 radical (unpaired) electrons. The third-order valence-corrected chi connectivity index (χ3v) is 16.5. The Labute approximate surface area is 368 Å². The zero-order valence-electron chi connectivity index (χ0n) is 37.4. The Morgan fingerprint density at radius 3 is 1.90 bits per heavy atom. The normalized spacial score (nSPS) is 53.6. The van der Waals surface area contributed by atoms with Crippen LogP contribution in [0.15, 0.2) is 12.2 Å². The van der Waals surface area contributed by atoms with Crippen LogP contribution < -0.4 is 0 Å². The summed E-state index contributed by atoms with van der Waals surface area (Å²) in [6.45, 7) is 9.24. The van der Waals surface area contributed by atoms with Gasteiger partial charge < -0.3 is 94.1 Å². The lowest BCUT2D eigenvalue weighted by Crippen LogP contribution is -2.77. The number of rotatable bonds is 13. The Bertz CT molecular complexity index is 1560. The number of allylic oxidation sites excluding steroid dienone is 1. The molecule has 7 fully saturated rings. The van der Waals surface area contributed by atoms with Crippen molar-refractivity contribution in [3.8, 4) is 0 Å². The van der Waals surface area contributed by atoms with Gasteiger partial charge in [-0.2, -0.15) is 0 Å². The summed E-state index contributed by atoms with van der Waals surface area (Å²) in [5, 5.41) is 123. The number of aliphatic hydroxyl groups excluding tert-OH is 10. The first kappa shape index (κ1) is 49.9. The topological polar surface area (TPSA) is 296 Å². The molecule has 63 heavy (non-hydrogen) atoms. The third-order valence-electron chi connectivity index (χ3n) is 16.5. The SMILES string of the molecule is COC1C(OCC2OC(OC(C=CC(C)C3CC(O)C4C3(C)CCC3C5(C)CCC(OC6OCC(O)C(O)C6OC)C(O)C5C(O)C(O)C34O)C(C)C)C(O)C2O)OCC(O)C1O. The Kier molecular flexibility index (Phi) is 15.2. The van der Waals surface area contributed by atoms with Gasteiger partial charge in [0.1, 0.15) is 66.6 Å².